The third-order valence-corrected chi connectivity index (χ3v) is 25.0. The number of aliphatic hydroxyl groups is 2. The summed E-state index contributed by atoms with van der Waals surface area (Å²) >= 11 is 0. The van der Waals surface area contributed by atoms with Crippen LogP contribution in [-0.2, 0) is 16.6 Å². The molecule has 0 spiro atoms. The summed E-state index contributed by atoms with van der Waals surface area (Å²) in [5.41, 5.74) is 18.3. The molecular formula is C108H76N2O4. The van der Waals surface area contributed by atoms with Gasteiger partial charge in [0.2, 0.25) is 0 Å². The van der Waals surface area contributed by atoms with Crippen molar-refractivity contribution in [3.63, 3.8) is 0 Å². The maximum absolute atomic E-state index is 16.0. The van der Waals surface area contributed by atoms with Gasteiger partial charge in [-0.2, -0.15) is 0 Å². The first-order valence-electron chi connectivity index (χ1n) is 39.5. The smallest absolute Gasteiger partial charge is 0.159 e. The first-order chi connectivity index (χ1) is 55.9. The maximum atomic E-state index is 16.0. The molecule has 22 rings (SSSR count). The lowest BCUT2D eigenvalue weighted by atomic mass is 9.58. The molecule has 2 N–H and O–H groups in total. The van der Waals surface area contributed by atoms with Gasteiger partial charge in [0.1, 0.15) is 16.7 Å². The van der Waals surface area contributed by atoms with Crippen LogP contribution in [0, 0.1) is 0 Å². The molecule has 0 bridgehead atoms. The molecule has 0 radical (unpaired) electrons. The number of furan rings is 2. The van der Waals surface area contributed by atoms with Gasteiger partial charge < -0.3 is 28.8 Å². The van der Waals surface area contributed by atoms with Gasteiger partial charge in [0.05, 0.1) is 33.8 Å². The van der Waals surface area contributed by atoms with Crippen LogP contribution < -0.4 is 9.80 Å². The van der Waals surface area contributed by atoms with E-state index < -0.39 is 11.2 Å². The molecule has 2 heterocycles. The van der Waals surface area contributed by atoms with Crippen molar-refractivity contribution in [1.82, 2.24) is 0 Å². The summed E-state index contributed by atoms with van der Waals surface area (Å²) < 4.78 is 15.8. The summed E-state index contributed by atoms with van der Waals surface area (Å²) in [4.78, 5) is 4.81. The Kier molecular flexibility index (Phi) is 15.0. The van der Waals surface area contributed by atoms with Gasteiger partial charge in [-0.15, -0.1) is 0 Å². The zero-order valence-electron chi connectivity index (χ0n) is 63.4. The molecule has 0 saturated heterocycles. The first kappa shape index (κ1) is 67.1. The van der Waals surface area contributed by atoms with E-state index in [-0.39, 0.29) is 11.3 Å². The fourth-order valence-electron chi connectivity index (χ4n) is 19.6. The van der Waals surface area contributed by atoms with E-state index in [1.165, 1.54) is 22.3 Å². The van der Waals surface area contributed by atoms with Crippen molar-refractivity contribution in [3.8, 4) is 55.6 Å². The van der Waals surface area contributed by atoms with E-state index in [0.29, 0.717) is 55.7 Å². The largest absolute Gasteiger partial charge is 0.455 e. The molecule has 6 heteroatoms. The lowest BCUT2D eigenvalue weighted by molar-refractivity contribution is -0.113. The van der Waals surface area contributed by atoms with Crippen molar-refractivity contribution in [2.45, 2.75) is 50.2 Å². The van der Waals surface area contributed by atoms with Crippen LogP contribution in [0.15, 0.2) is 379 Å². The van der Waals surface area contributed by atoms with Crippen molar-refractivity contribution >= 4 is 121 Å². The van der Waals surface area contributed by atoms with Crippen LogP contribution in [0.4, 0.5) is 34.1 Å². The van der Waals surface area contributed by atoms with Crippen LogP contribution in [0.2, 0.25) is 0 Å². The fourth-order valence-corrected chi connectivity index (χ4v) is 19.6. The fraction of sp³-hybridized carbons (Fsp3) is 0.0741. The normalized spacial score (nSPS) is 15.5. The Balaban J connectivity index is 0.895. The minimum Gasteiger partial charge on any atom is -0.455 e. The van der Waals surface area contributed by atoms with Crippen molar-refractivity contribution in [1.29, 1.82) is 0 Å². The second kappa shape index (κ2) is 25.6. The number of benzene rings is 18. The van der Waals surface area contributed by atoms with Crippen LogP contribution in [0.3, 0.4) is 0 Å². The topological polar surface area (TPSA) is 73.2 Å². The average Bonchev–Trinajstić information content (AvgIpc) is 1.13. The Hall–Kier alpha value is -13.9. The summed E-state index contributed by atoms with van der Waals surface area (Å²) in [7, 11) is 0. The van der Waals surface area contributed by atoms with Gasteiger partial charge in [0, 0.05) is 65.7 Å². The molecule has 2 unspecified atom stereocenters. The number of hydrogen-bond donors (Lipinski definition) is 2. The van der Waals surface area contributed by atoms with Crippen LogP contribution in [0.25, 0.3) is 143 Å². The zero-order chi connectivity index (χ0) is 76.3. The molecule has 2 aliphatic rings. The quantitative estimate of drug-likeness (QED) is 0.127. The number of fused-ring (bicyclic) bond motifs is 18. The zero-order valence-corrected chi connectivity index (χ0v) is 63.4. The summed E-state index contributed by atoms with van der Waals surface area (Å²) in [6, 6.07) is 131. The van der Waals surface area contributed by atoms with Gasteiger partial charge in [-0.25, -0.2) is 0 Å². The Labute approximate surface area is 660 Å². The van der Waals surface area contributed by atoms with Crippen LogP contribution in [0.5, 0.6) is 0 Å². The van der Waals surface area contributed by atoms with Gasteiger partial charge in [0.25, 0.3) is 0 Å². The van der Waals surface area contributed by atoms with E-state index >= 15 is 10.2 Å². The lowest BCUT2D eigenvalue weighted by Crippen LogP contribution is -2.53. The summed E-state index contributed by atoms with van der Waals surface area (Å²) in [6.45, 7) is 9.11. The second-order valence-corrected chi connectivity index (χ2v) is 31.7. The summed E-state index contributed by atoms with van der Waals surface area (Å²) in [5.74, 6) is 0.156. The van der Waals surface area contributed by atoms with Gasteiger partial charge in [-0.1, -0.05) is 343 Å². The molecule has 0 fully saturated rings. The predicted octanol–water partition coefficient (Wildman–Crippen LogP) is 28.6. The van der Waals surface area contributed by atoms with Gasteiger partial charge in [0.15, 0.2) is 16.8 Å². The summed E-state index contributed by atoms with van der Waals surface area (Å²) in [5, 5.41) is 43.9. The van der Waals surface area contributed by atoms with Gasteiger partial charge in [-0.3, -0.25) is 0 Å². The average molecular weight is 1470 g/mol. The third kappa shape index (κ3) is 9.75. The third-order valence-electron chi connectivity index (χ3n) is 25.0. The Morgan fingerprint density at radius 1 is 0.281 bits per heavy atom. The highest BCUT2D eigenvalue weighted by Crippen LogP contribution is 2.65. The number of nitrogens with zero attached hydrogens (tertiary/aromatic N) is 2. The molecule has 18 aromatic carbocycles. The molecule has 114 heavy (non-hydrogen) atoms. The minimum atomic E-state index is -2.32. The summed E-state index contributed by atoms with van der Waals surface area (Å²) in [6.07, 6.45) is 0. The Morgan fingerprint density at radius 2 is 0.789 bits per heavy atom. The molecule has 2 aliphatic carbocycles. The molecule has 6 nitrogen and oxygen atoms in total. The van der Waals surface area contributed by atoms with Crippen LogP contribution in [-0.4, -0.2) is 10.2 Å². The number of rotatable bonds is 12. The SMILES string of the molecule is CC(C)c1ccc2c(c1)oc1c3c(cc(N(c4cccc5ccccc45)c4ccc(-c5cccc6ccccc56)c5ccccc45)c12)C(O)(c1ccccc1)C(O)(c1ccccc1-c1ccccc1)c1ccc2oc4c(N(c5ccc6c(c5)-c5ccccc5C6(C)C)c5cccc6c(-c7ccccc7)cccc56)cccc4c2c1-3. The first-order valence-corrected chi connectivity index (χ1v) is 39.5. The van der Waals surface area contributed by atoms with Crippen molar-refractivity contribution in [2.75, 3.05) is 9.80 Å². The maximum Gasteiger partial charge on any atom is 0.159 e. The highest BCUT2D eigenvalue weighted by molar-refractivity contribution is 6.26. The molecule has 2 atom stereocenters. The molecule has 542 valence electrons. The van der Waals surface area contributed by atoms with E-state index in [4.69, 9.17) is 8.83 Å². The molecule has 0 amide bonds. The molecule has 20 aromatic rings. The van der Waals surface area contributed by atoms with Gasteiger partial charge >= 0.3 is 0 Å². The Morgan fingerprint density at radius 3 is 1.54 bits per heavy atom. The van der Waals surface area contributed by atoms with E-state index in [2.05, 4.69) is 329 Å². The Bertz CT molecular complexity index is 7350. The number of para-hydroxylation sites is 1. The predicted molar refractivity (Wildman–Crippen MR) is 473 cm³/mol. The number of anilines is 6. The highest BCUT2D eigenvalue weighted by atomic mass is 16.4. The van der Waals surface area contributed by atoms with E-state index in [0.717, 1.165) is 138 Å². The van der Waals surface area contributed by atoms with Crippen molar-refractivity contribution in [2.24, 2.45) is 0 Å². The second-order valence-electron chi connectivity index (χ2n) is 31.7. The van der Waals surface area contributed by atoms with Crippen molar-refractivity contribution in [3.05, 3.63) is 409 Å². The molecule has 2 aromatic heterocycles. The standard InChI is InChI=1S/C108H76N2O4/c1-66(2)71-55-57-85-99(63-71)114-105-100(85)97(110(93-52-25-36-70-34-15-17-41-77(70)93)95-61-58-81(80-42-18-19-44-83(80)95)78-46-24-35-68-33-14-16-39-74(68)78)65-92-103(105)102-91(108(112,107(92,111)72-37-12-7-13-38-72)90-51-23-20-40-76(90)69-31-10-6-11-32-69)60-62-98-101(102)86-49-28-54-96(104(86)113-98)109(73-56-59-89-87(64-73)82-43-21-22-50-88(82)106(89,3)4)94-53-27-47-79-75(45-26-48-84(79)94)67-29-8-5-9-30-67/h5-66,111-112H,1-4H3. The molecular weight excluding hydrogens is 1390 g/mol. The van der Waals surface area contributed by atoms with E-state index in [1.54, 1.807) is 0 Å². The van der Waals surface area contributed by atoms with Gasteiger partial charge in [-0.05, 0) is 160 Å². The van der Waals surface area contributed by atoms with Crippen LogP contribution in [0.1, 0.15) is 72.6 Å². The molecule has 0 saturated carbocycles. The van der Waals surface area contributed by atoms with Crippen LogP contribution >= 0.6 is 0 Å². The molecule has 0 aliphatic heterocycles. The van der Waals surface area contributed by atoms with Crippen molar-refractivity contribution < 1.29 is 19.0 Å². The lowest BCUT2D eigenvalue weighted by Gasteiger charge is -2.50. The number of hydrogen-bond acceptors (Lipinski definition) is 6. The monoisotopic (exact) mass is 1460 g/mol. The van der Waals surface area contributed by atoms with E-state index in [1.807, 2.05) is 78.9 Å². The van der Waals surface area contributed by atoms with E-state index in [9.17, 15) is 0 Å². The highest BCUT2D eigenvalue weighted by Gasteiger charge is 2.61. The minimum absolute atomic E-state index is 0.156.